The van der Waals surface area contributed by atoms with Gasteiger partial charge in [-0.25, -0.2) is 28.3 Å². The van der Waals surface area contributed by atoms with E-state index in [0.29, 0.717) is 22.5 Å². The van der Waals surface area contributed by atoms with Crippen LogP contribution >= 0.6 is 0 Å². The molecule has 0 radical (unpaired) electrons. The molecule has 2 aliphatic carbocycles. The summed E-state index contributed by atoms with van der Waals surface area (Å²) in [6, 6.07) is 12.7. The van der Waals surface area contributed by atoms with E-state index in [1.165, 1.54) is 24.3 Å². The van der Waals surface area contributed by atoms with Gasteiger partial charge in [0.2, 0.25) is 0 Å². The van der Waals surface area contributed by atoms with Crippen LogP contribution in [0.3, 0.4) is 0 Å². The molecule has 4 aliphatic rings. The van der Waals surface area contributed by atoms with Gasteiger partial charge in [0.05, 0.1) is 62.6 Å². The number of nitrogens with zero attached hydrogens (tertiary/aromatic N) is 4. The first-order chi connectivity index (χ1) is 24.3. The molecule has 2 saturated heterocycles. The molecule has 2 aromatic heterocycles. The first-order valence-corrected chi connectivity index (χ1v) is 17.6. The van der Waals surface area contributed by atoms with Crippen molar-refractivity contribution in [2.75, 3.05) is 26.4 Å². The average molecular weight is 689 g/mol. The molecule has 4 aromatic rings. The molecule has 4 heterocycles. The fourth-order valence-corrected chi connectivity index (χ4v) is 7.76. The Labute approximate surface area is 289 Å². The number of hydrogen-bond donors (Lipinski definition) is 0. The van der Waals surface area contributed by atoms with Crippen LogP contribution in [0.2, 0.25) is 0 Å². The monoisotopic (exact) mass is 688 g/mol. The van der Waals surface area contributed by atoms with E-state index in [1.54, 1.807) is 50.8 Å². The molecule has 4 fully saturated rings. The predicted molar refractivity (Wildman–Crippen MR) is 180 cm³/mol. The SMILES string of the molecule is CCOC(=O)c1ncn([C@@H]2CCCC[C@@]23CO3)c1-c1cccc(F)c1.CCOC(=O)c1ncn([C@H]2CCCC[C@]23CO3)c1-c1cccc(F)c1. The molecular formula is C38H42F2N4O6. The Bertz CT molecular complexity index is 1730. The van der Waals surface area contributed by atoms with Crippen LogP contribution in [0, 0.1) is 11.6 Å². The van der Waals surface area contributed by atoms with Crippen molar-refractivity contribution in [2.24, 2.45) is 0 Å². The summed E-state index contributed by atoms with van der Waals surface area (Å²) >= 11 is 0. The maximum Gasteiger partial charge on any atom is 0.359 e. The standard InChI is InChI=1S/2C19H21FN2O3/c2*1-2-24-18(23)16-17(13-6-5-7-14(20)10-13)22(12-21-16)15-8-3-4-9-19(15)11-25-19/h2*5-7,10,12,15H,2-4,8-9,11H2,1H3/t2*15-,19-/m10/s1. The van der Waals surface area contributed by atoms with Crippen LogP contribution in [0.25, 0.3) is 22.5 Å². The number of carbonyl (C=O) groups is 2. The zero-order valence-corrected chi connectivity index (χ0v) is 28.4. The van der Waals surface area contributed by atoms with E-state index in [4.69, 9.17) is 18.9 Å². The van der Waals surface area contributed by atoms with Gasteiger partial charge in [0.25, 0.3) is 0 Å². The van der Waals surface area contributed by atoms with Crippen LogP contribution in [0.4, 0.5) is 8.78 Å². The normalized spacial score (nSPS) is 25.1. The van der Waals surface area contributed by atoms with Gasteiger partial charge in [-0.05, 0) is 63.8 Å². The van der Waals surface area contributed by atoms with E-state index in [2.05, 4.69) is 9.97 Å². The Balaban J connectivity index is 0.000000157. The Morgan fingerprint density at radius 2 is 1.16 bits per heavy atom. The maximum atomic E-state index is 13.8. The first kappa shape index (κ1) is 34.0. The van der Waals surface area contributed by atoms with Gasteiger partial charge in [0, 0.05) is 11.1 Å². The average Bonchev–Trinajstić information content (AvgIpc) is 3.95. The number of benzene rings is 2. The summed E-state index contributed by atoms with van der Waals surface area (Å²) in [6.07, 6.45) is 11.8. The number of epoxide rings is 2. The lowest BCUT2D eigenvalue weighted by atomic mass is 9.84. The highest BCUT2D eigenvalue weighted by Gasteiger charge is 2.55. The van der Waals surface area contributed by atoms with Crippen LogP contribution in [-0.4, -0.2) is 68.7 Å². The molecule has 10 nitrogen and oxygen atoms in total. The maximum absolute atomic E-state index is 13.8. The van der Waals surface area contributed by atoms with Gasteiger partial charge in [0.1, 0.15) is 22.8 Å². The van der Waals surface area contributed by atoms with Crippen molar-refractivity contribution in [1.29, 1.82) is 0 Å². The lowest BCUT2D eigenvalue weighted by Gasteiger charge is -2.31. The molecular weight excluding hydrogens is 646 g/mol. The summed E-state index contributed by atoms with van der Waals surface area (Å²) in [5.74, 6) is -1.66. The predicted octanol–water partition coefficient (Wildman–Crippen LogP) is 7.50. The summed E-state index contributed by atoms with van der Waals surface area (Å²) in [7, 11) is 0. The smallest absolute Gasteiger partial charge is 0.359 e. The molecule has 2 aliphatic heterocycles. The summed E-state index contributed by atoms with van der Waals surface area (Å²) in [5.41, 5.74) is 2.62. The molecule has 2 saturated carbocycles. The summed E-state index contributed by atoms with van der Waals surface area (Å²) in [6.45, 7) is 5.51. The lowest BCUT2D eigenvalue weighted by molar-refractivity contribution is 0.0511. The fourth-order valence-electron chi connectivity index (χ4n) is 7.76. The number of hydrogen-bond acceptors (Lipinski definition) is 8. The van der Waals surface area contributed by atoms with Crippen LogP contribution in [0.15, 0.2) is 61.2 Å². The highest BCUT2D eigenvalue weighted by Crippen LogP contribution is 2.51. The van der Waals surface area contributed by atoms with Crippen molar-refractivity contribution >= 4 is 11.9 Å². The van der Waals surface area contributed by atoms with Gasteiger partial charge in [-0.2, -0.15) is 0 Å². The van der Waals surface area contributed by atoms with E-state index in [0.717, 1.165) is 64.6 Å². The van der Waals surface area contributed by atoms with E-state index >= 15 is 0 Å². The minimum atomic E-state index is -0.484. The number of rotatable bonds is 8. The van der Waals surface area contributed by atoms with Crippen molar-refractivity contribution in [3.05, 3.63) is 84.2 Å². The molecule has 0 amide bonds. The third-order valence-electron chi connectivity index (χ3n) is 10.3. The second kappa shape index (κ2) is 14.1. The third kappa shape index (κ3) is 6.58. The second-order valence-corrected chi connectivity index (χ2v) is 13.4. The quantitative estimate of drug-likeness (QED) is 0.138. The molecule has 50 heavy (non-hydrogen) atoms. The zero-order chi connectivity index (χ0) is 34.9. The van der Waals surface area contributed by atoms with Gasteiger partial charge in [-0.1, -0.05) is 49.9 Å². The lowest BCUT2D eigenvalue weighted by Crippen LogP contribution is -2.31. The highest BCUT2D eigenvalue weighted by molar-refractivity contribution is 5.95. The van der Waals surface area contributed by atoms with Crippen molar-refractivity contribution in [3.63, 3.8) is 0 Å². The van der Waals surface area contributed by atoms with Crippen molar-refractivity contribution < 1.29 is 37.3 Å². The van der Waals surface area contributed by atoms with E-state index in [-0.39, 0.29) is 59.5 Å². The van der Waals surface area contributed by atoms with Crippen LogP contribution in [0.1, 0.15) is 98.3 Å². The molecule has 4 atom stereocenters. The minimum absolute atomic E-state index is 0.107. The van der Waals surface area contributed by atoms with Crippen molar-refractivity contribution in [3.8, 4) is 22.5 Å². The summed E-state index contributed by atoms with van der Waals surface area (Å²) < 4.78 is 53.5. The van der Waals surface area contributed by atoms with E-state index in [9.17, 15) is 18.4 Å². The Kier molecular flexibility index (Phi) is 9.58. The Hall–Kier alpha value is -4.42. The molecule has 12 heteroatoms. The number of aromatic nitrogens is 4. The van der Waals surface area contributed by atoms with E-state index < -0.39 is 11.9 Å². The van der Waals surface area contributed by atoms with Crippen LogP contribution in [-0.2, 0) is 18.9 Å². The van der Waals surface area contributed by atoms with Gasteiger partial charge in [0.15, 0.2) is 11.4 Å². The van der Waals surface area contributed by atoms with Gasteiger partial charge >= 0.3 is 11.9 Å². The Morgan fingerprint density at radius 1 is 0.740 bits per heavy atom. The van der Waals surface area contributed by atoms with Crippen LogP contribution in [0.5, 0.6) is 0 Å². The highest BCUT2D eigenvalue weighted by atomic mass is 19.1. The fraction of sp³-hybridized carbons (Fsp3) is 0.474. The first-order valence-electron chi connectivity index (χ1n) is 17.6. The number of halogens is 2. The largest absolute Gasteiger partial charge is 0.461 e. The third-order valence-corrected chi connectivity index (χ3v) is 10.3. The summed E-state index contributed by atoms with van der Waals surface area (Å²) in [5, 5.41) is 0. The zero-order valence-electron chi connectivity index (χ0n) is 28.4. The minimum Gasteiger partial charge on any atom is -0.461 e. The summed E-state index contributed by atoms with van der Waals surface area (Å²) in [4.78, 5) is 33.4. The number of imidazole rings is 2. The van der Waals surface area contributed by atoms with Gasteiger partial charge in [-0.15, -0.1) is 0 Å². The van der Waals surface area contributed by atoms with Gasteiger partial charge in [-0.3, -0.25) is 0 Å². The number of esters is 2. The number of ether oxygens (including phenoxy) is 4. The van der Waals surface area contributed by atoms with Crippen LogP contribution < -0.4 is 0 Å². The Morgan fingerprint density at radius 3 is 1.52 bits per heavy atom. The molecule has 2 aromatic carbocycles. The molecule has 0 N–H and O–H groups in total. The number of carbonyl (C=O) groups excluding carboxylic acids is 2. The molecule has 0 unspecified atom stereocenters. The molecule has 8 rings (SSSR count). The molecule has 2 spiro atoms. The molecule has 264 valence electrons. The topological polar surface area (TPSA) is 113 Å². The van der Waals surface area contributed by atoms with E-state index in [1.807, 2.05) is 9.13 Å². The van der Waals surface area contributed by atoms with Gasteiger partial charge < -0.3 is 28.1 Å². The molecule has 0 bridgehead atoms. The second-order valence-electron chi connectivity index (χ2n) is 13.4. The van der Waals surface area contributed by atoms with Crippen molar-refractivity contribution in [2.45, 2.75) is 88.5 Å². The van der Waals surface area contributed by atoms with Crippen molar-refractivity contribution in [1.82, 2.24) is 19.1 Å².